The molecule has 1 aliphatic heterocycles. The molecule has 1 atom stereocenters. The largest absolute Gasteiger partial charge is 0.457 e. The van der Waals surface area contributed by atoms with Crippen molar-refractivity contribution in [2.24, 2.45) is 0 Å². The number of ketones is 1. The monoisotopic (exact) mass is 393 g/mol. The van der Waals surface area contributed by atoms with E-state index < -0.39 is 5.97 Å². The van der Waals surface area contributed by atoms with E-state index in [0.29, 0.717) is 28.3 Å². The van der Waals surface area contributed by atoms with Crippen molar-refractivity contribution in [3.8, 4) is 0 Å². The second-order valence-corrected chi connectivity index (χ2v) is 7.01. The Kier molecular flexibility index (Phi) is 4.57. The van der Waals surface area contributed by atoms with Gasteiger partial charge in [0.15, 0.2) is 12.4 Å². The van der Waals surface area contributed by atoms with E-state index in [0.717, 1.165) is 11.3 Å². The van der Waals surface area contributed by atoms with Gasteiger partial charge in [0.1, 0.15) is 6.33 Å². The van der Waals surface area contributed by atoms with Gasteiger partial charge in [-0.3, -0.25) is 14.4 Å². The average molecular weight is 393 g/mol. The minimum absolute atomic E-state index is 0.0204. The van der Waals surface area contributed by atoms with Crippen LogP contribution in [0, 0.1) is 13.8 Å². The molecule has 0 saturated carbocycles. The molecular weight excluding hydrogens is 374 g/mol. The van der Waals surface area contributed by atoms with Gasteiger partial charge in [0.25, 0.3) is 5.78 Å². The molecule has 1 aromatic carbocycles. The molecule has 1 N–H and O–H groups in total. The van der Waals surface area contributed by atoms with Gasteiger partial charge in [-0.15, -0.1) is 0 Å². The molecule has 1 amide bonds. The molecule has 3 heterocycles. The second kappa shape index (κ2) is 7.08. The predicted molar refractivity (Wildman–Crippen MR) is 103 cm³/mol. The lowest BCUT2D eigenvalue weighted by atomic mass is 9.99. The van der Waals surface area contributed by atoms with Crippen molar-refractivity contribution in [3.05, 3.63) is 52.6 Å². The SMILES string of the molecule is Cc1nc2ncnn2c(C)c1CC(=O)OCC(=O)c1ccc2c(c1)[C@@H](C)C(=O)N2. The number of nitrogens with zero attached hydrogens (tertiary/aromatic N) is 4. The maximum atomic E-state index is 12.4. The summed E-state index contributed by atoms with van der Waals surface area (Å²) in [5.74, 6) is -0.806. The highest BCUT2D eigenvalue weighted by Gasteiger charge is 2.27. The van der Waals surface area contributed by atoms with Crippen LogP contribution in [0.15, 0.2) is 24.5 Å². The Bertz CT molecular complexity index is 1170. The Balaban J connectivity index is 1.43. The fourth-order valence-corrected chi connectivity index (χ4v) is 3.43. The number of Topliss-reactive ketones (excluding diaryl/α,β-unsaturated/α-hetero) is 1. The number of anilines is 1. The van der Waals surface area contributed by atoms with Gasteiger partial charge in [0.2, 0.25) is 5.91 Å². The quantitative estimate of drug-likeness (QED) is 0.519. The van der Waals surface area contributed by atoms with Crippen LogP contribution in [0.3, 0.4) is 0 Å². The first kappa shape index (κ1) is 18.7. The number of aryl methyl sites for hydroxylation is 2. The van der Waals surface area contributed by atoms with Crippen LogP contribution in [-0.2, 0) is 20.7 Å². The lowest BCUT2D eigenvalue weighted by Gasteiger charge is -2.10. The van der Waals surface area contributed by atoms with Crippen LogP contribution in [0.5, 0.6) is 0 Å². The molecule has 4 rings (SSSR count). The van der Waals surface area contributed by atoms with Gasteiger partial charge in [-0.25, -0.2) is 9.50 Å². The summed E-state index contributed by atoms with van der Waals surface area (Å²) < 4.78 is 6.75. The Labute approximate surface area is 166 Å². The highest BCUT2D eigenvalue weighted by Crippen LogP contribution is 2.32. The molecule has 0 spiro atoms. The number of esters is 1. The fourth-order valence-electron chi connectivity index (χ4n) is 3.43. The topological polar surface area (TPSA) is 116 Å². The summed E-state index contributed by atoms with van der Waals surface area (Å²) in [5, 5.41) is 6.85. The summed E-state index contributed by atoms with van der Waals surface area (Å²) in [6.07, 6.45) is 1.38. The van der Waals surface area contributed by atoms with E-state index >= 15 is 0 Å². The van der Waals surface area contributed by atoms with Crippen LogP contribution in [0.2, 0.25) is 0 Å². The molecular formula is C20H19N5O4. The van der Waals surface area contributed by atoms with Gasteiger partial charge in [0, 0.05) is 28.2 Å². The number of ether oxygens (including phenoxy) is 1. The third kappa shape index (κ3) is 3.35. The molecule has 0 fully saturated rings. The van der Waals surface area contributed by atoms with Crippen molar-refractivity contribution in [2.75, 3.05) is 11.9 Å². The van der Waals surface area contributed by atoms with E-state index in [1.54, 1.807) is 36.6 Å². The zero-order chi connectivity index (χ0) is 20.7. The number of aromatic nitrogens is 4. The Morgan fingerprint density at radius 3 is 2.86 bits per heavy atom. The van der Waals surface area contributed by atoms with Crippen LogP contribution in [0.25, 0.3) is 5.78 Å². The number of benzene rings is 1. The number of amides is 1. The average Bonchev–Trinajstić information content (AvgIpc) is 3.27. The van der Waals surface area contributed by atoms with Gasteiger partial charge in [-0.05, 0) is 44.5 Å². The van der Waals surface area contributed by atoms with E-state index in [1.165, 1.54) is 6.33 Å². The zero-order valence-corrected chi connectivity index (χ0v) is 16.2. The van der Waals surface area contributed by atoms with E-state index in [9.17, 15) is 14.4 Å². The van der Waals surface area contributed by atoms with Gasteiger partial charge >= 0.3 is 5.97 Å². The molecule has 9 heteroatoms. The standard InChI is InChI=1S/C20H19N5O4/c1-10-14-6-13(4-5-16(14)24-19(10)28)17(26)8-29-18(27)7-15-11(2)23-20-21-9-22-25(20)12(15)3/h4-6,9-10H,7-8H2,1-3H3,(H,24,28)/t10-/m1/s1. The molecule has 0 aliphatic carbocycles. The first-order valence-electron chi connectivity index (χ1n) is 9.14. The van der Waals surface area contributed by atoms with Crippen molar-refractivity contribution in [2.45, 2.75) is 33.1 Å². The Morgan fingerprint density at radius 2 is 2.07 bits per heavy atom. The second-order valence-electron chi connectivity index (χ2n) is 7.01. The molecule has 0 unspecified atom stereocenters. The van der Waals surface area contributed by atoms with Gasteiger partial charge in [0.05, 0.1) is 12.3 Å². The molecule has 0 radical (unpaired) electrons. The van der Waals surface area contributed by atoms with E-state index in [1.807, 2.05) is 6.92 Å². The van der Waals surface area contributed by atoms with Crippen LogP contribution in [-0.4, -0.2) is 43.8 Å². The summed E-state index contributed by atoms with van der Waals surface area (Å²) >= 11 is 0. The summed E-state index contributed by atoms with van der Waals surface area (Å²) in [6, 6.07) is 4.98. The minimum Gasteiger partial charge on any atom is -0.457 e. The normalized spacial score (nSPS) is 15.3. The van der Waals surface area contributed by atoms with Crippen molar-refractivity contribution < 1.29 is 19.1 Å². The van der Waals surface area contributed by atoms with Gasteiger partial charge in [-0.1, -0.05) is 0 Å². The van der Waals surface area contributed by atoms with Crippen LogP contribution < -0.4 is 5.32 Å². The molecule has 2 aromatic heterocycles. The number of fused-ring (bicyclic) bond motifs is 2. The summed E-state index contributed by atoms with van der Waals surface area (Å²) in [4.78, 5) is 44.9. The summed E-state index contributed by atoms with van der Waals surface area (Å²) in [7, 11) is 0. The fraction of sp³-hybridized carbons (Fsp3) is 0.300. The van der Waals surface area contributed by atoms with Crippen molar-refractivity contribution in [3.63, 3.8) is 0 Å². The maximum absolute atomic E-state index is 12.4. The molecule has 0 saturated heterocycles. The number of carbonyl (C=O) groups excluding carboxylic acids is 3. The molecule has 148 valence electrons. The van der Waals surface area contributed by atoms with Gasteiger partial charge < -0.3 is 10.1 Å². The number of carbonyl (C=O) groups is 3. The Morgan fingerprint density at radius 1 is 1.28 bits per heavy atom. The molecule has 29 heavy (non-hydrogen) atoms. The summed E-state index contributed by atoms with van der Waals surface area (Å²) in [5.41, 5.74) is 3.98. The van der Waals surface area contributed by atoms with Crippen LogP contribution in [0.1, 0.15) is 45.7 Å². The molecule has 1 aliphatic rings. The number of hydrogen-bond acceptors (Lipinski definition) is 7. The third-order valence-corrected chi connectivity index (χ3v) is 5.17. The van der Waals surface area contributed by atoms with Crippen molar-refractivity contribution >= 4 is 29.1 Å². The first-order valence-corrected chi connectivity index (χ1v) is 9.14. The molecule has 9 nitrogen and oxygen atoms in total. The zero-order valence-electron chi connectivity index (χ0n) is 16.2. The highest BCUT2D eigenvalue weighted by molar-refractivity contribution is 6.05. The van der Waals surface area contributed by atoms with E-state index in [-0.39, 0.29) is 30.6 Å². The first-order chi connectivity index (χ1) is 13.8. The predicted octanol–water partition coefficient (Wildman–Crippen LogP) is 1.77. The number of hydrogen-bond donors (Lipinski definition) is 1. The lowest BCUT2D eigenvalue weighted by molar-refractivity contribution is -0.141. The lowest BCUT2D eigenvalue weighted by Crippen LogP contribution is -2.18. The maximum Gasteiger partial charge on any atom is 0.310 e. The van der Waals surface area contributed by atoms with Gasteiger partial charge in [-0.2, -0.15) is 10.1 Å². The van der Waals surface area contributed by atoms with Crippen LogP contribution >= 0.6 is 0 Å². The van der Waals surface area contributed by atoms with E-state index in [4.69, 9.17) is 4.74 Å². The van der Waals surface area contributed by atoms with Crippen LogP contribution in [0.4, 0.5) is 5.69 Å². The number of rotatable bonds is 5. The smallest absolute Gasteiger partial charge is 0.310 e. The highest BCUT2D eigenvalue weighted by atomic mass is 16.5. The molecule has 3 aromatic rings. The Hall–Kier alpha value is -3.62. The number of nitrogens with one attached hydrogen (secondary N) is 1. The molecule has 0 bridgehead atoms. The van der Waals surface area contributed by atoms with Crippen molar-refractivity contribution in [1.29, 1.82) is 0 Å². The van der Waals surface area contributed by atoms with Crippen molar-refractivity contribution in [1.82, 2.24) is 19.6 Å². The van der Waals surface area contributed by atoms with E-state index in [2.05, 4.69) is 20.4 Å². The third-order valence-electron chi connectivity index (χ3n) is 5.17. The summed E-state index contributed by atoms with van der Waals surface area (Å²) in [6.45, 7) is 5.02. The minimum atomic E-state index is -0.530.